The maximum Gasteiger partial charge on any atom is 0.378 e. The van der Waals surface area contributed by atoms with Gasteiger partial charge in [-0.3, -0.25) is 4.79 Å². The van der Waals surface area contributed by atoms with Crippen LogP contribution in [-0.2, 0) is 28.5 Å². The van der Waals surface area contributed by atoms with Gasteiger partial charge in [0.2, 0.25) is 12.0 Å². The second-order valence-corrected chi connectivity index (χ2v) is 5.96. The molecule has 0 amide bonds. The summed E-state index contributed by atoms with van der Waals surface area (Å²) in [5.74, 6) is -3.45. The minimum Gasteiger partial charge on any atom is -0.505 e. The Labute approximate surface area is 153 Å². The summed E-state index contributed by atoms with van der Waals surface area (Å²) in [7, 11) is 0. The number of ether oxygens (including phenoxy) is 4. The highest BCUT2D eigenvalue weighted by molar-refractivity contribution is 5.89. The first kappa shape index (κ1) is 21.3. The largest absolute Gasteiger partial charge is 0.505 e. The van der Waals surface area contributed by atoms with Crippen molar-refractivity contribution in [2.75, 3.05) is 13.2 Å². The van der Waals surface area contributed by atoms with Crippen LogP contribution in [0.5, 0.6) is 0 Å². The third-order valence-electron chi connectivity index (χ3n) is 4.06. The van der Waals surface area contributed by atoms with Gasteiger partial charge >= 0.3 is 11.9 Å². The van der Waals surface area contributed by atoms with E-state index in [0.29, 0.717) is 0 Å². The van der Waals surface area contributed by atoms with Gasteiger partial charge in [-0.1, -0.05) is 6.92 Å². The van der Waals surface area contributed by atoms with Crippen molar-refractivity contribution in [2.45, 2.75) is 56.3 Å². The normalized spacial score (nSPS) is 35.0. The highest BCUT2D eigenvalue weighted by Gasteiger charge is 2.48. The summed E-state index contributed by atoms with van der Waals surface area (Å²) in [5, 5.41) is 58.4. The zero-order valence-corrected chi connectivity index (χ0v) is 14.3. The Morgan fingerprint density at radius 3 is 2.48 bits per heavy atom. The molecular weight excluding hydrogens is 372 g/mol. The van der Waals surface area contributed by atoms with E-state index in [0.717, 1.165) is 0 Å². The molecular formula is C15H22O12. The van der Waals surface area contributed by atoms with Crippen LogP contribution in [0.1, 0.15) is 13.3 Å². The molecule has 27 heavy (non-hydrogen) atoms. The summed E-state index contributed by atoms with van der Waals surface area (Å²) in [6.45, 7) is 0.264. The van der Waals surface area contributed by atoms with E-state index in [9.17, 15) is 35.1 Å². The van der Waals surface area contributed by atoms with Crippen LogP contribution in [0, 0.1) is 0 Å². The quantitative estimate of drug-likeness (QED) is 0.237. The Morgan fingerprint density at radius 2 is 1.89 bits per heavy atom. The van der Waals surface area contributed by atoms with Crippen LogP contribution in [0.15, 0.2) is 11.5 Å². The first-order chi connectivity index (χ1) is 12.7. The molecule has 6 N–H and O–H groups in total. The number of aliphatic hydroxyl groups is 6. The van der Waals surface area contributed by atoms with E-state index in [-0.39, 0.29) is 6.42 Å². The van der Waals surface area contributed by atoms with Crippen molar-refractivity contribution in [3.8, 4) is 0 Å². The van der Waals surface area contributed by atoms with Crippen LogP contribution in [0.3, 0.4) is 0 Å². The van der Waals surface area contributed by atoms with Crippen molar-refractivity contribution in [1.82, 2.24) is 0 Å². The van der Waals surface area contributed by atoms with Crippen molar-refractivity contribution in [3.05, 3.63) is 11.5 Å². The average Bonchev–Trinajstić information content (AvgIpc) is 2.94. The van der Waals surface area contributed by atoms with Gasteiger partial charge in [-0.15, -0.1) is 0 Å². The van der Waals surface area contributed by atoms with Gasteiger partial charge in [0.05, 0.1) is 6.61 Å². The van der Waals surface area contributed by atoms with Crippen molar-refractivity contribution >= 4 is 11.9 Å². The van der Waals surface area contributed by atoms with Crippen molar-refractivity contribution in [1.29, 1.82) is 0 Å². The van der Waals surface area contributed by atoms with E-state index in [1.807, 2.05) is 0 Å². The van der Waals surface area contributed by atoms with Gasteiger partial charge in [0.25, 0.3) is 0 Å². The molecule has 0 aliphatic carbocycles. The van der Waals surface area contributed by atoms with Gasteiger partial charge in [0.1, 0.15) is 37.1 Å². The van der Waals surface area contributed by atoms with Gasteiger partial charge in [-0.25, -0.2) is 4.79 Å². The molecule has 0 aromatic heterocycles. The Bertz CT molecular complexity index is 587. The molecule has 154 valence electrons. The predicted molar refractivity (Wildman–Crippen MR) is 81.6 cm³/mol. The fraction of sp³-hybridized carbons (Fsp3) is 0.733. The number of aliphatic hydroxyl groups excluding tert-OH is 6. The second kappa shape index (κ2) is 8.82. The van der Waals surface area contributed by atoms with E-state index in [1.165, 1.54) is 6.92 Å². The molecule has 7 atom stereocenters. The van der Waals surface area contributed by atoms with Crippen LogP contribution >= 0.6 is 0 Å². The summed E-state index contributed by atoms with van der Waals surface area (Å²) in [6, 6.07) is 0. The van der Waals surface area contributed by atoms with Gasteiger partial charge < -0.3 is 49.6 Å². The molecule has 0 spiro atoms. The molecule has 1 fully saturated rings. The van der Waals surface area contributed by atoms with Crippen LogP contribution in [0.25, 0.3) is 0 Å². The van der Waals surface area contributed by atoms with Crippen molar-refractivity contribution < 1.29 is 59.2 Å². The summed E-state index contributed by atoms with van der Waals surface area (Å²) in [5.41, 5.74) is 0. The molecule has 2 heterocycles. The Morgan fingerprint density at radius 1 is 1.22 bits per heavy atom. The van der Waals surface area contributed by atoms with E-state index >= 15 is 0 Å². The first-order valence-corrected chi connectivity index (χ1v) is 8.16. The van der Waals surface area contributed by atoms with E-state index in [1.54, 1.807) is 0 Å². The fourth-order valence-corrected chi connectivity index (χ4v) is 2.48. The molecule has 2 rings (SSSR count). The molecule has 0 saturated carbocycles. The molecule has 12 nitrogen and oxygen atoms in total. The Kier molecular flexibility index (Phi) is 6.97. The summed E-state index contributed by atoms with van der Waals surface area (Å²) in [6.07, 6.45) is -11.3. The van der Waals surface area contributed by atoms with Crippen LogP contribution in [0.4, 0.5) is 0 Å². The molecule has 12 heteroatoms. The minimum atomic E-state index is -1.81. The minimum absolute atomic E-state index is 0.0600. The van der Waals surface area contributed by atoms with Crippen molar-refractivity contribution in [2.24, 2.45) is 0 Å². The average molecular weight is 394 g/mol. The van der Waals surface area contributed by atoms with Crippen molar-refractivity contribution in [3.63, 3.8) is 0 Å². The molecule has 1 unspecified atom stereocenters. The SMILES string of the molecule is CCC(=O)OC[C@H](O)[C@H]1OC(=O)C(OC2O[C@H](CO)[C@@H](O)[C@H](O)[C@H]2O)=C1O. The lowest BCUT2D eigenvalue weighted by molar-refractivity contribution is -0.291. The summed E-state index contributed by atoms with van der Waals surface area (Å²) >= 11 is 0. The number of carbonyl (C=O) groups is 2. The lowest BCUT2D eigenvalue weighted by Crippen LogP contribution is -2.59. The molecule has 0 radical (unpaired) electrons. The third-order valence-corrected chi connectivity index (χ3v) is 4.06. The van der Waals surface area contributed by atoms with Crippen LogP contribution in [-0.4, -0.2) is 98.7 Å². The second-order valence-electron chi connectivity index (χ2n) is 5.96. The monoisotopic (exact) mass is 394 g/mol. The number of carbonyl (C=O) groups excluding carboxylic acids is 2. The first-order valence-electron chi connectivity index (χ1n) is 8.16. The predicted octanol–water partition coefficient (Wildman–Crippen LogP) is -3.19. The highest BCUT2D eigenvalue weighted by atomic mass is 16.7. The number of esters is 2. The molecule has 0 aromatic rings. The Hall–Kier alpha value is -1.96. The molecule has 2 aliphatic heterocycles. The molecule has 0 bridgehead atoms. The fourth-order valence-electron chi connectivity index (χ4n) is 2.48. The maximum absolute atomic E-state index is 11.9. The molecule has 1 saturated heterocycles. The molecule has 0 aromatic carbocycles. The van der Waals surface area contributed by atoms with Crippen LogP contribution < -0.4 is 0 Å². The Balaban J connectivity index is 2.09. The maximum atomic E-state index is 11.9. The summed E-state index contributed by atoms with van der Waals surface area (Å²) in [4.78, 5) is 23.0. The number of cyclic esters (lactones) is 1. The molecule has 2 aliphatic rings. The van der Waals surface area contributed by atoms with E-state index in [4.69, 9.17) is 24.1 Å². The zero-order chi connectivity index (χ0) is 20.3. The van der Waals surface area contributed by atoms with E-state index in [2.05, 4.69) is 0 Å². The van der Waals surface area contributed by atoms with Crippen LogP contribution in [0.2, 0.25) is 0 Å². The lowest BCUT2D eigenvalue weighted by atomic mass is 9.99. The van der Waals surface area contributed by atoms with Gasteiger partial charge in [-0.05, 0) is 0 Å². The number of hydrogen-bond acceptors (Lipinski definition) is 12. The summed E-state index contributed by atoms with van der Waals surface area (Å²) < 4.78 is 19.6. The topological polar surface area (TPSA) is 192 Å². The lowest BCUT2D eigenvalue weighted by Gasteiger charge is -2.39. The number of hydrogen-bond donors (Lipinski definition) is 6. The van der Waals surface area contributed by atoms with E-state index < -0.39 is 79.6 Å². The zero-order valence-electron chi connectivity index (χ0n) is 14.3. The smallest absolute Gasteiger partial charge is 0.378 e. The highest BCUT2D eigenvalue weighted by Crippen LogP contribution is 2.29. The van der Waals surface area contributed by atoms with Gasteiger partial charge in [-0.2, -0.15) is 0 Å². The standard InChI is InChI=1S/C15H22O12/c1-2-7(18)24-4-5(17)12-11(22)13(14(23)26-12)27-15-10(21)9(20)8(19)6(3-16)25-15/h5-6,8-10,12,15-17,19-22H,2-4H2,1H3/t5-,6+,8+,9-,10+,12+,15?/m0/s1. The third kappa shape index (κ3) is 4.48. The van der Waals surface area contributed by atoms with Gasteiger partial charge in [0.15, 0.2) is 11.9 Å². The number of rotatable bonds is 7. The van der Waals surface area contributed by atoms with Gasteiger partial charge in [0, 0.05) is 6.42 Å².